The average molecular weight is 298 g/mol. The molecule has 0 aliphatic rings. The molecule has 0 unspecified atom stereocenters. The number of benzene rings is 1. The van der Waals surface area contributed by atoms with E-state index in [0.717, 1.165) is 11.3 Å². The number of hydrogen-bond donors (Lipinski definition) is 2. The molecule has 0 bridgehead atoms. The van der Waals surface area contributed by atoms with E-state index >= 15 is 0 Å². The third kappa shape index (κ3) is 4.37. The SMILES string of the molecule is Cc1ccc(NC(=O)CCNC(=O)c2cnccn2)cc1C. The topological polar surface area (TPSA) is 84.0 Å². The third-order valence-electron chi connectivity index (χ3n) is 3.22. The molecule has 2 aromatic rings. The summed E-state index contributed by atoms with van der Waals surface area (Å²) in [4.78, 5) is 31.3. The van der Waals surface area contributed by atoms with Crippen LogP contribution in [0.4, 0.5) is 5.69 Å². The van der Waals surface area contributed by atoms with Crippen LogP contribution in [0.2, 0.25) is 0 Å². The fourth-order valence-corrected chi connectivity index (χ4v) is 1.84. The van der Waals surface area contributed by atoms with Gasteiger partial charge in [0.25, 0.3) is 5.91 Å². The van der Waals surface area contributed by atoms with E-state index in [4.69, 9.17) is 0 Å². The standard InChI is InChI=1S/C16H18N4O2/c1-11-3-4-13(9-12(11)2)20-15(21)5-6-19-16(22)14-10-17-7-8-18-14/h3-4,7-10H,5-6H2,1-2H3,(H,19,22)(H,20,21). The zero-order chi connectivity index (χ0) is 15.9. The highest BCUT2D eigenvalue weighted by Crippen LogP contribution is 2.14. The third-order valence-corrected chi connectivity index (χ3v) is 3.22. The predicted octanol–water partition coefficient (Wildman–Crippen LogP) is 1.85. The molecule has 0 atom stereocenters. The smallest absolute Gasteiger partial charge is 0.271 e. The lowest BCUT2D eigenvalue weighted by Gasteiger charge is -2.08. The van der Waals surface area contributed by atoms with Crippen LogP contribution >= 0.6 is 0 Å². The van der Waals surface area contributed by atoms with Crippen LogP contribution in [-0.4, -0.2) is 28.3 Å². The van der Waals surface area contributed by atoms with Crippen molar-refractivity contribution in [2.24, 2.45) is 0 Å². The molecule has 1 aromatic heterocycles. The van der Waals surface area contributed by atoms with E-state index in [1.165, 1.54) is 24.2 Å². The Morgan fingerprint density at radius 3 is 2.64 bits per heavy atom. The monoisotopic (exact) mass is 298 g/mol. The van der Waals surface area contributed by atoms with Gasteiger partial charge in [-0.3, -0.25) is 14.6 Å². The van der Waals surface area contributed by atoms with Crippen molar-refractivity contribution in [2.75, 3.05) is 11.9 Å². The summed E-state index contributed by atoms with van der Waals surface area (Å²) in [5.41, 5.74) is 3.29. The average Bonchev–Trinajstić information content (AvgIpc) is 2.51. The zero-order valence-electron chi connectivity index (χ0n) is 12.6. The van der Waals surface area contributed by atoms with E-state index in [-0.39, 0.29) is 30.5 Å². The molecule has 114 valence electrons. The van der Waals surface area contributed by atoms with Gasteiger partial charge < -0.3 is 10.6 Å². The molecule has 0 aliphatic heterocycles. The first kappa shape index (κ1) is 15.6. The largest absolute Gasteiger partial charge is 0.350 e. The Morgan fingerprint density at radius 2 is 1.95 bits per heavy atom. The summed E-state index contributed by atoms with van der Waals surface area (Å²) in [6.45, 7) is 4.25. The maximum Gasteiger partial charge on any atom is 0.271 e. The second kappa shape index (κ2) is 7.31. The van der Waals surface area contributed by atoms with Gasteiger partial charge in [-0.05, 0) is 37.1 Å². The maximum atomic E-state index is 11.8. The number of aryl methyl sites for hydroxylation is 2. The molecule has 6 heteroatoms. The number of nitrogens with one attached hydrogen (secondary N) is 2. The van der Waals surface area contributed by atoms with Crippen LogP contribution in [0, 0.1) is 13.8 Å². The quantitative estimate of drug-likeness (QED) is 0.882. The molecule has 0 radical (unpaired) electrons. The molecular weight excluding hydrogens is 280 g/mol. The number of aromatic nitrogens is 2. The van der Waals surface area contributed by atoms with Crippen molar-refractivity contribution in [2.45, 2.75) is 20.3 Å². The van der Waals surface area contributed by atoms with E-state index in [0.29, 0.717) is 0 Å². The van der Waals surface area contributed by atoms with E-state index in [9.17, 15) is 9.59 Å². The molecule has 2 rings (SSSR count). The zero-order valence-corrected chi connectivity index (χ0v) is 12.6. The van der Waals surface area contributed by atoms with Crippen molar-refractivity contribution in [3.8, 4) is 0 Å². The summed E-state index contributed by atoms with van der Waals surface area (Å²) in [7, 11) is 0. The summed E-state index contributed by atoms with van der Waals surface area (Å²) in [5.74, 6) is -0.491. The molecule has 0 saturated carbocycles. The van der Waals surface area contributed by atoms with Gasteiger partial charge in [-0.1, -0.05) is 6.07 Å². The number of nitrogens with zero attached hydrogens (tertiary/aromatic N) is 2. The number of carbonyl (C=O) groups is 2. The van der Waals surface area contributed by atoms with Gasteiger partial charge >= 0.3 is 0 Å². The Morgan fingerprint density at radius 1 is 1.14 bits per heavy atom. The van der Waals surface area contributed by atoms with Gasteiger partial charge in [0.05, 0.1) is 6.20 Å². The minimum atomic E-state index is -0.341. The van der Waals surface area contributed by atoms with Crippen LogP contribution < -0.4 is 10.6 Å². The Kier molecular flexibility index (Phi) is 5.19. The molecule has 2 amide bonds. The first-order valence-corrected chi connectivity index (χ1v) is 6.97. The molecule has 0 fully saturated rings. The first-order chi connectivity index (χ1) is 10.6. The number of amides is 2. The van der Waals surface area contributed by atoms with E-state index in [1.807, 2.05) is 32.0 Å². The molecular formula is C16H18N4O2. The van der Waals surface area contributed by atoms with Crippen molar-refractivity contribution in [1.29, 1.82) is 0 Å². The van der Waals surface area contributed by atoms with Gasteiger partial charge in [0, 0.05) is 31.0 Å². The fourth-order valence-electron chi connectivity index (χ4n) is 1.84. The van der Waals surface area contributed by atoms with E-state index in [1.54, 1.807) is 0 Å². The number of rotatable bonds is 5. The predicted molar refractivity (Wildman–Crippen MR) is 83.5 cm³/mol. The Labute approximate surface area is 129 Å². The van der Waals surface area contributed by atoms with Crippen LogP contribution in [0.25, 0.3) is 0 Å². The molecule has 2 N–H and O–H groups in total. The van der Waals surface area contributed by atoms with Crippen LogP contribution in [0.15, 0.2) is 36.8 Å². The fraction of sp³-hybridized carbons (Fsp3) is 0.250. The van der Waals surface area contributed by atoms with Gasteiger partial charge in [0.1, 0.15) is 5.69 Å². The van der Waals surface area contributed by atoms with Crippen molar-refractivity contribution in [3.63, 3.8) is 0 Å². The number of carbonyl (C=O) groups excluding carboxylic acids is 2. The Balaban J connectivity index is 1.78. The highest BCUT2D eigenvalue weighted by Gasteiger charge is 2.08. The molecule has 6 nitrogen and oxygen atoms in total. The summed E-state index contributed by atoms with van der Waals surface area (Å²) < 4.78 is 0. The Hall–Kier alpha value is -2.76. The highest BCUT2D eigenvalue weighted by atomic mass is 16.2. The lowest BCUT2D eigenvalue weighted by Crippen LogP contribution is -2.28. The van der Waals surface area contributed by atoms with E-state index < -0.39 is 0 Å². The summed E-state index contributed by atoms with van der Waals surface area (Å²) in [6.07, 6.45) is 4.51. The normalized spacial score (nSPS) is 10.1. The minimum Gasteiger partial charge on any atom is -0.350 e. The molecule has 1 heterocycles. The molecule has 0 spiro atoms. The Bertz CT molecular complexity index is 671. The van der Waals surface area contributed by atoms with Crippen molar-refractivity contribution in [3.05, 3.63) is 53.6 Å². The van der Waals surface area contributed by atoms with E-state index in [2.05, 4.69) is 20.6 Å². The molecule has 22 heavy (non-hydrogen) atoms. The lowest BCUT2D eigenvalue weighted by atomic mass is 10.1. The van der Waals surface area contributed by atoms with Gasteiger partial charge in [-0.25, -0.2) is 4.98 Å². The van der Waals surface area contributed by atoms with Crippen LogP contribution in [0.1, 0.15) is 28.0 Å². The van der Waals surface area contributed by atoms with Crippen molar-refractivity contribution in [1.82, 2.24) is 15.3 Å². The summed E-state index contributed by atoms with van der Waals surface area (Å²) >= 11 is 0. The number of hydrogen-bond acceptors (Lipinski definition) is 4. The van der Waals surface area contributed by atoms with Crippen LogP contribution in [0.3, 0.4) is 0 Å². The number of anilines is 1. The molecule has 1 aromatic carbocycles. The second-order valence-electron chi connectivity index (χ2n) is 4.94. The van der Waals surface area contributed by atoms with Gasteiger partial charge in [0.2, 0.25) is 5.91 Å². The van der Waals surface area contributed by atoms with Crippen molar-refractivity contribution < 1.29 is 9.59 Å². The lowest BCUT2D eigenvalue weighted by molar-refractivity contribution is -0.116. The first-order valence-electron chi connectivity index (χ1n) is 6.97. The second-order valence-corrected chi connectivity index (χ2v) is 4.94. The van der Waals surface area contributed by atoms with Gasteiger partial charge in [-0.2, -0.15) is 0 Å². The molecule has 0 aliphatic carbocycles. The minimum absolute atomic E-state index is 0.150. The molecule has 0 saturated heterocycles. The van der Waals surface area contributed by atoms with Crippen LogP contribution in [-0.2, 0) is 4.79 Å². The van der Waals surface area contributed by atoms with Crippen LogP contribution in [0.5, 0.6) is 0 Å². The summed E-state index contributed by atoms with van der Waals surface area (Å²) in [6, 6.07) is 5.74. The van der Waals surface area contributed by atoms with Crippen molar-refractivity contribution >= 4 is 17.5 Å². The van der Waals surface area contributed by atoms with Gasteiger partial charge in [-0.15, -0.1) is 0 Å². The van der Waals surface area contributed by atoms with Gasteiger partial charge in [0.15, 0.2) is 0 Å². The highest BCUT2D eigenvalue weighted by molar-refractivity contribution is 5.93. The maximum absolute atomic E-state index is 11.8. The summed E-state index contributed by atoms with van der Waals surface area (Å²) in [5, 5.41) is 5.44.